The molecule has 23 heavy (non-hydrogen) atoms. The van der Waals surface area contributed by atoms with Gasteiger partial charge in [-0.05, 0) is 26.0 Å². The average Bonchev–Trinajstić information content (AvgIpc) is 2.88. The number of nitrogens with one attached hydrogen (secondary N) is 1. The number of carbonyl (C=O) groups excluding carboxylic acids is 1. The minimum atomic E-state index is -1.65. The minimum Gasteiger partial charge on any atom is -0.383 e. The maximum atomic E-state index is 13.7. The Hall–Kier alpha value is -2.12. The quantitative estimate of drug-likeness (QED) is 0.824. The second-order valence-corrected chi connectivity index (χ2v) is 6.50. The average molecular weight is 338 g/mol. The molecule has 0 aliphatic rings. The van der Waals surface area contributed by atoms with Crippen LogP contribution in [-0.4, -0.2) is 22.5 Å². The Morgan fingerprint density at radius 3 is 2.83 bits per heavy atom. The molecule has 122 valence electrons. The van der Waals surface area contributed by atoms with Crippen LogP contribution in [0.15, 0.2) is 30.5 Å². The summed E-state index contributed by atoms with van der Waals surface area (Å²) in [5.41, 5.74) is -1.73. The van der Waals surface area contributed by atoms with Gasteiger partial charge in [-0.1, -0.05) is 6.07 Å². The Morgan fingerprint density at radius 2 is 2.22 bits per heavy atom. The van der Waals surface area contributed by atoms with E-state index < -0.39 is 23.1 Å². The van der Waals surface area contributed by atoms with Gasteiger partial charge in [0.25, 0.3) is 0 Å². The van der Waals surface area contributed by atoms with Gasteiger partial charge in [-0.2, -0.15) is 0 Å². The van der Waals surface area contributed by atoms with Crippen LogP contribution >= 0.6 is 11.3 Å². The van der Waals surface area contributed by atoms with Crippen molar-refractivity contribution in [3.8, 4) is 0 Å². The van der Waals surface area contributed by atoms with Gasteiger partial charge in [0, 0.05) is 28.8 Å². The zero-order chi connectivity index (χ0) is 17.0. The molecule has 0 aliphatic heterocycles. The molecule has 1 aromatic heterocycles. The monoisotopic (exact) mass is 338 g/mol. The SMILES string of the molecule is Cc1ncc(/C=C/C(=O)NCC(C)(O)c2ccc(F)cc2F)s1. The fourth-order valence-corrected chi connectivity index (χ4v) is 2.64. The van der Waals surface area contributed by atoms with Crippen molar-refractivity contribution < 1.29 is 18.7 Å². The summed E-state index contributed by atoms with van der Waals surface area (Å²) in [5, 5.41) is 13.7. The van der Waals surface area contributed by atoms with Crippen molar-refractivity contribution in [2.24, 2.45) is 0 Å². The summed E-state index contributed by atoms with van der Waals surface area (Å²) >= 11 is 1.44. The molecule has 0 aliphatic carbocycles. The van der Waals surface area contributed by atoms with Crippen molar-refractivity contribution in [1.29, 1.82) is 0 Å². The summed E-state index contributed by atoms with van der Waals surface area (Å²) in [6.45, 7) is 3.00. The highest BCUT2D eigenvalue weighted by atomic mass is 32.1. The molecule has 4 nitrogen and oxygen atoms in total. The number of aryl methyl sites for hydroxylation is 1. The van der Waals surface area contributed by atoms with E-state index in [1.54, 1.807) is 12.3 Å². The zero-order valence-corrected chi connectivity index (χ0v) is 13.5. The summed E-state index contributed by atoms with van der Waals surface area (Å²) in [4.78, 5) is 16.6. The number of nitrogens with zero attached hydrogens (tertiary/aromatic N) is 1. The van der Waals surface area contributed by atoms with E-state index in [1.807, 2.05) is 6.92 Å². The van der Waals surface area contributed by atoms with E-state index in [4.69, 9.17) is 0 Å². The van der Waals surface area contributed by atoms with Gasteiger partial charge in [0.2, 0.25) is 5.91 Å². The lowest BCUT2D eigenvalue weighted by Crippen LogP contribution is -2.38. The highest BCUT2D eigenvalue weighted by Gasteiger charge is 2.27. The molecule has 0 radical (unpaired) electrons. The van der Waals surface area contributed by atoms with Crippen LogP contribution in [0.5, 0.6) is 0 Å². The van der Waals surface area contributed by atoms with Crippen LogP contribution in [0.2, 0.25) is 0 Å². The topological polar surface area (TPSA) is 62.2 Å². The predicted molar refractivity (Wildman–Crippen MR) is 84.8 cm³/mol. The van der Waals surface area contributed by atoms with E-state index >= 15 is 0 Å². The van der Waals surface area contributed by atoms with Crippen molar-refractivity contribution in [3.05, 3.63) is 57.6 Å². The Labute approximate surface area is 136 Å². The summed E-state index contributed by atoms with van der Waals surface area (Å²) in [6, 6.07) is 2.91. The van der Waals surface area contributed by atoms with Crippen LogP contribution in [0.25, 0.3) is 6.08 Å². The molecule has 0 saturated heterocycles. The normalized spacial score (nSPS) is 14.0. The summed E-state index contributed by atoms with van der Waals surface area (Å²) in [5.74, 6) is -2.02. The first kappa shape index (κ1) is 17.2. The van der Waals surface area contributed by atoms with E-state index in [2.05, 4.69) is 10.3 Å². The Bertz CT molecular complexity index is 741. The van der Waals surface area contributed by atoms with Gasteiger partial charge in [0.1, 0.15) is 17.2 Å². The molecular weight excluding hydrogens is 322 g/mol. The van der Waals surface area contributed by atoms with E-state index in [-0.39, 0.29) is 12.1 Å². The fraction of sp³-hybridized carbons (Fsp3) is 0.250. The van der Waals surface area contributed by atoms with Crippen LogP contribution in [-0.2, 0) is 10.4 Å². The van der Waals surface area contributed by atoms with Gasteiger partial charge in [-0.15, -0.1) is 11.3 Å². The first-order chi connectivity index (χ1) is 10.8. The minimum absolute atomic E-state index is 0.0822. The van der Waals surface area contributed by atoms with E-state index in [0.29, 0.717) is 6.07 Å². The third-order valence-electron chi connectivity index (χ3n) is 3.16. The Kier molecular flexibility index (Phi) is 5.23. The highest BCUT2D eigenvalue weighted by molar-refractivity contribution is 7.12. The lowest BCUT2D eigenvalue weighted by atomic mass is 9.95. The number of carbonyl (C=O) groups is 1. The maximum absolute atomic E-state index is 13.7. The van der Waals surface area contributed by atoms with Crippen molar-refractivity contribution in [1.82, 2.24) is 10.3 Å². The maximum Gasteiger partial charge on any atom is 0.244 e. The molecular formula is C16H16F2N2O2S. The van der Waals surface area contributed by atoms with E-state index in [9.17, 15) is 18.7 Å². The molecule has 1 unspecified atom stereocenters. The molecule has 1 atom stereocenters. The molecule has 1 heterocycles. The summed E-state index contributed by atoms with van der Waals surface area (Å²) < 4.78 is 26.6. The molecule has 1 amide bonds. The van der Waals surface area contributed by atoms with Gasteiger partial charge in [0.15, 0.2) is 0 Å². The summed E-state index contributed by atoms with van der Waals surface area (Å²) in [7, 11) is 0. The van der Waals surface area contributed by atoms with E-state index in [0.717, 1.165) is 22.0 Å². The van der Waals surface area contributed by atoms with Crippen molar-refractivity contribution in [2.45, 2.75) is 19.4 Å². The first-order valence-corrected chi connectivity index (χ1v) is 7.66. The van der Waals surface area contributed by atoms with Gasteiger partial charge in [0.05, 0.1) is 11.6 Å². The number of hydrogen-bond donors (Lipinski definition) is 2. The number of aromatic nitrogens is 1. The molecule has 7 heteroatoms. The van der Waals surface area contributed by atoms with Crippen LogP contribution in [0, 0.1) is 18.6 Å². The molecule has 0 spiro atoms. The number of halogens is 2. The standard InChI is InChI=1S/C16H16F2N2O2S/c1-10-19-8-12(23-10)4-6-15(21)20-9-16(2,22)13-5-3-11(17)7-14(13)18/h3-8,22H,9H2,1-2H3,(H,20,21)/b6-4+. The number of aliphatic hydroxyl groups is 1. The third kappa shape index (κ3) is 4.67. The van der Waals surface area contributed by atoms with Gasteiger partial charge >= 0.3 is 0 Å². The van der Waals surface area contributed by atoms with Crippen LogP contribution in [0.3, 0.4) is 0 Å². The summed E-state index contributed by atoms with van der Waals surface area (Å²) in [6.07, 6.45) is 4.56. The zero-order valence-electron chi connectivity index (χ0n) is 12.6. The van der Waals surface area contributed by atoms with Gasteiger partial charge < -0.3 is 10.4 Å². The largest absolute Gasteiger partial charge is 0.383 e. The smallest absolute Gasteiger partial charge is 0.244 e. The number of hydrogen-bond acceptors (Lipinski definition) is 4. The molecule has 2 aromatic rings. The Morgan fingerprint density at radius 1 is 1.48 bits per heavy atom. The molecule has 2 N–H and O–H groups in total. The lowest BCUT2D eigenvalue weighted by molar-refractivity contribution is -0.117. The van der Waals surface area contributed by atoms with Crippen molar-refractivity contribution >= 4 is 23.3 Å². The number of thiazole rings is 1. The molecule has 0 saturated carbocycles. The molecule has 0 fully saturated rings. The lowest BCUT2D eigenvalue weighted by Gasteiger charge is -2.24. The Balaban J connectivity index is 1.98. The molecule has 0 bridgehead atoms. The number of amides is 1. The third-order valence-corrected chi connectivity index (χ3v) is 4.03. The molecule has 2 rings (SSSR count). The van der Waals surface area contributed by atoms with Crippen molar-refractivity contribution in [2.75, 3.05) is 6.54 Å². The van der Waals surface area contributed by atoms with Gasteiger partial charge in [-0.25, -0.2) is 13.8 Å². The second kappa shape index (κ2) is 6.97. The van der Waals surface area contributed by atoms with Crippen LogP contribution < -0.4 is 5.32 Å². The first-order valence-electron chi connectivity index (χ1n) is 6.84. The number of rotatable bonds is 5. The number of benzene rings is 1. The fourth-order valence-electron chi connectivity index (χ4n) is 1.95. The molecule has 1 aromatic carbocycles. The van der Waals surface area contributed by atoms with Crippen molar-refractivity contribution in [3.63, 3.8) is 0 Å². The van der Waals surface area contributed by atoms with Crippen LogP contribution in [0.1, 0.15) is 22.4 Å². The predicted octanol–water partition coefficient (Wildman–Crippen LogP) is 2.77. The van der Waals surface area contributed by atoms with Gasteiger partial charge in [-0.3, -0.25) is 4.79 Å². The van der Waals surface area contributed by atoms with Crippen LogP contribution in [0.4, 0.5) is 8.78 Å². The highest BCUT2D eigenvalue weighted by Crippen LogP contribution is 2.23. The van der Waals surface area contributed by atoms with E-state index in [1.165, 1.54) is 24.3 Å². The second-order valence-electron chi connectivity index (χ2n) is 5.23.